The summed E-state index contributed by atoms with van der Waals surface area (Å²) < 4.78 is 33.1. The highest BCUT2D eigenvalue weighted by molar-refractivity contribution is 7.80. The molecular weight excluding hydrogens is 258 g/mol. The van der Waals surface area contributed by atoms with Crippen molar-refractivity contribution in [3.05, 3.63) is 29.3 Å². The van der Waals surface area contributed by atoms with Gasteiger partial charge in [0.15, 0.2) is 0 Å². The van der Waals surface area contributed by atoms with Gasteiger partial charge in [0, 0.05) is 19.2 Å². The van der Waals surface area contributed by atoms with Crippen LogP contribution in [0.1, 0.15) is 12.0 Å². The summed E-state index contributed by atoms with van der Waals surface area (Å²) in [4.78, 5) is 1.55. The Kier molecular flexibility index (Phi) is 3.77. The van der Waals surface area contributed by atoms with Gasteiger partial charge in [-0.15, -0.1) is 0 Å². The van der Waals surface area contributed by atoms with Crippen LogP contribution in [0.2, 0.25) is 0 Å². The maximum absolute atomic E-state index is 13.9. The van der Waals surface area contributed by atoms with Gasteiger partial charge in [-0.1, -0.05) is 12.2 Å². The van der Waals surface area contributed by atoms with Crippen molar-refractivity contribution in [3.8, 4) is 0 Å². The van der Waals surface area contributed by atoms with E-state index >= 15 is 0 Å². The van der Waals surface area contributed by atoms with Gasteiger partial charge in [0.05, 0.1) is 12.6 Å². The first-order valence-electron chi connectivity index (χ1n) is 5.60. The van der Waals surface area contributed by atoms with Crippen molar-refractivity contribution in [3.63, 3.8) is 0 Å². The third-order valence-corrected chi connectivity index (χ3v) is 3.34. The number of ether oxygens (including phenoxy) is 1. The summed E-state index contributed by atoms with van der Waals surface area (Å²) in [7, 11) is 1.65. The fourth-order valence-electron chi connectivity index (χ4n) is 2.05. The zero-order valence-corrected chi connectivity index (χ0v) is 10.8. The van der Waals surface area contributed by atoms with E-state index in [1.165, 1.54) is 0 Å². The molecule has 0 amide bonds. The van der Waals surface area contributed by atoms with Crippen LogP contribution in [-0.2, 0) is 4.74 Å². The third kappa shape index (κ3) is 2.44. The molecule has 2 rings (SSSR count). The predicted octanol–water partition coefficient (Wildman–Crippen LogP) is 1.82. The number of nitrogens with two attached hydrogens (primary N) is 1. The minimum absolute atomic E-state index is 0.00956. The molecule has 3 nitrogen and oxygen atoms in total. The van der Waals surface area contributed by atoms with Gasteiger partial charge in [0.25, 0.3) is 0 Å². The molecule has 1 aromatic carbocycles. The molecule has 6 heteroatoms. The van der Waals surface area contributed by atoms with Crippen molar-refractivity contribution < 1.29 is 13.5 Å². The Morgan fingerprint density at radius 2 is 2.06 bits per heavy atom. The summed E-state index contributed by atoms with van der Waals surface area (Å²) in [6.45, 7) is 1.09. The van der Waals surface area contributed by atoms with Crippen LogP contribution in [-0.4, -0.2) is 31.3 Å². The molecule has 0 aliphatic carbocycles. The molecule has 0 radical (unpaired) electrons. The number of hydrogen-bond donors (Lipinski definition) is 1. The van der Waals surface area contributed by atoms with Gasteiger partial charge in [-0.25, -0.2) is 8.78 Å². The minimum Gasteiger partial charge on any atom is -0.389 e. The Morgan fingerprint density at radius 1 is 1.44 bits per heavy atom. The largest absolute Gasteiger partial charge is 0.389 e. The van der Waals surface area contributed by atoms with Gasteiger partial charge in [0.2, 0.25) is 0 Å². The molecule has 0 aromatic heterocycles. The van der Waals surface area contributed by atoms with Gasteiger partial charge in [-0.05, 0) is 18.6 Å². The number of anilines is 1. The zero-order valence-electron chi connectivity index (χ0n) is 9.95. The van der Waals surface area contributed by atoms with E-state index in [1.54, 1.807) is 11.9 Å². The van der Waals surface area contributed by atoms with Crippen LogP contribution in [0.25, 0.3) is 0 Å². The highest BCUT2D eigenvalue weighted by Crippen LogP contribution is 2.27. The lowest BCUT2D eigenvalue weighted by molar-refractivity contribution is 0.193. The van der Waals surface area contributed by atoms with E-state index in [0.717, 1.165) is 18.6 Å². The van der Waals surface area contributed by atoms with Gasteiger partial charge in [0.1, 0.15) is 22.3 Å². The highest BCUT2D eigenvalue weighted by atomic mass is 32.1. The van der Waals surface area contributed by atoms with E-state index in [9.17, 15) is 8.78 Å². The molecule has 1 atom stereocenters. The quantitative estimate of drug-likeness (QED) is 0.852. The highest BCUT2D eigenvalue weighted by Gasteiger charge is 2.25. The number of hydrogen-bond acceptors (Lipinski definition) is 3. The van der Waals surface area contributed by atoms with Crippen molar-refractivity contribution in [1.29, 1.82) is 0 Å². The normalized spacial score (nSPS) is 18.9. The third-order valence-electron chi connectivity index (χ3n) is 3.11. The van der Waals surface area contributed by atoms with Crippen LogP contribution < -0.4 is 10.6 Å². The average molecular weight is 272 g/mol. The Hall–Kier alpha value is -1.27. The zero-order chi connectivity index (χ0) is 13.3. The molecule has 1 unspecified atom stereocenters. The number of thiocarbonyl (C=S) groups is 1. The van der Waals surface area contributed by atoms with Gasteiger partial charge < -0.3 is 15.4 Å². The minimum atomic E-state index is -0.660. The lowest BCUT2D eigenvalue weighted by Gasteiger charge is -2.26. The Bertz CT molecular complexity index is 452. The summed E-state index contributed by atoms with van der Waals surface area (Å²) in [5.74, 6) is -1.32. The Morgan fingerprint density at radius 3 is 2.50 bits per heavy atom. The second-order valence-electron chi connectivity index (χ2n) is 4.28. The molecule has 0 bridgehead atoms. The van der Waals surface area contributed by atoms with Crippen molar-refractivity contribution in [2.24, 2.45) is 5.73 Å². The molecule has 1 aliphatic heterocycles. The second-order valence-corrected chi connectivity index (χ2v) is 4.72. The SMILES string of the molecule is CN(c1c(F)cc(C(N)=S)cc1F)C1CCOC1. The van der Waals surface area contributed by atoms with E-state index in [2.05, 4.69) is 0 Å². The van der Waals surface area contributed by atoms with E-state index in [4.69, 9.17) is 22.7 Å². The fourth-order valence-corrected chi connectivity index (χ4v) is 2.17. The Labute approximate surface area is 110 Å². The Balaban J connectivity index is 2.35. The summed E-state index contributed by atoms with van der Waals surface area (Å²) in [5.41, 5.74) is 5.49. The first-order chi connectivity index (χ1) is 8.50. The average Bonchev–Trinajstić information content (AvgIpc) is 2.80. The first kappa shape index (κ1) is 13.2. The van der Waals surface area contributed by atoms with E-state index in [0.29, 0.717) is 13.2 Å². The lowest BCUT2D eigenvalue weighted by atomic mass is 10.1. The standard InChI is InChI=1S/C12H14F2N2OS/c1-16(8-2-3-17-6-8)11-9(13)4-7(12(15)18)5-10(11)14/h4-5,8H,2-3,6H2,1H3,(H2,15,18). The van der Waals surface area contributed by atoms with E-state index < -0.39 is 11.6 Å². The maximum Gasteiger partial charge on any atom is 0.150 e. The summed E-state index contributed by atoms with van der Waals surface area (Å²) >= 11 is 4.71. The van der Waals surface area contributed by atoms with Crippen molar-refractivity contribution in [2.45, 2.75) is 12.5 Å². The van der Waals surface area contributed by atoms with Crippen LogP contribution in [0.5, 0.6) is 0 Å². The van der Waals surface area contributed by atoms with Crippen molar-refractivity contribution >= 4 is 22.9 Å². The number of rotatable bonds is 3. The molecule has 1 aromatic rings. The van der Waals surface area contributed by atoms with Gasteiger partial charge >= 0.3 is 0 Å². The van der Waals surface area contributed by atoms with Crippen LogP contribution in [0, 0.1) is 11.6 Å². The topological polar surface area (TPSA) is 38.5 Å². The molecule has 0 spiro atoms. The van der Waals surface area contributed by atoms with Gasteiger partial charge in [-0.3, -0.25) is 0 Å². The predicted molar refractivity (Wildman–Crippen MR) is 69.9 cm³/mol. The smallest absolute Gasteiger partial charge is 0.150 e. The summed E-state index contributed by atoms with van der Waals surface area (Å²) in [6, 6.07) is 2.31. The van der Waals surface area contributed by atoms with Crippen molar-refractivity contribution in [1.82, 2.24) is 0 Å². The molecule has 18 heavy (non-hydrogen) atoms. The first-order valence-corrected chi connectivity index (χ1v) is 6.01. The monoisotopic (exact) mass is 272 g/mol. The second kappa shape index (κ2) is 5.16. The molecule has 98 valence electrons. The molecule has 1 aliphatic rings. The van der Waals surface area contributed by atoms with Crippen LogP contribution in [0.3, 0.4) is 0 Å². The fraction of sp³-hybridized carbons (Fsp3) is 0.417. The molecule has 0 saturated carbocycles. The van der Waals surface area contributed by atoms with Crippen LogP contribution in [0.15, 0.2) is 12.1 Å². The molecule has 1 saturated heterocycles. The van der Waals surface area contributed by atoms with Crippen molar-refractivity contribution in [2.75, 3.05) is 25.2 Å². The van der Waals surface area contributed by atoms with E-state index in [1.807, 2.05) is 0 Å². The van der Waals surface area contributed by atoms with Crippen LogP contribution >= 0.6 is 12.2 Å². The maximum atomic E-state index is 13.9. The summed E-state index contributed by atoms with van der Waals surface area (Å²) in [6.07, 6.45) is 0.756. The van der Waals surface area contributed by atoms with E-state index in [-0.39, 0.29) is 22.3 Å². The molecule has 2 N–H and O–H groups in total. The number of likely N-dealkylation sites (N-methyl/N-ethyl adjacent to an activating group) is 1. The molecule has 1 fully saturated rings. The number of halogens is 2. The summed E-state index contributed by atoms with van der Waals surface area (Å²) in [5, 5.41) is 0. The molecule has 1 heterocycles. The molecular formula is C12H14F2N2OS. The van der Waals surface area contributed by atoms with Crippen LogP contribution in [0.4, 0.5) is 14.5 Å². The lowest BCUT2D eigenvalue weighted by Crippen LogP contribution is -2.33. The number of benzene rings is 1. The number of nitrogens with zero attached hydrogens (tertiary/aromatic N) is 1. The van der Waals surface area contributed by atoms with Gasteiger partial charge in [-0.2, -0.15) is 0 Å².